The molecular formula is C11H19N3S. The van der Waals surface area contributed by atoms with Crippen LogP contribution in [-0.4, -0.2) is 31.2 Å². The van der Waals surface area contributed by atoms with E-state index < -0.39 is 0 Å². The number of nitrogens with zero attached hydrogens (tertiary/aromatic N) is 2. The van der Waals surface area contributed by atoms with E-state index in [1.165, 1.54) is 37.6 Å². The minimum absolute atomic E-state index is 0.843. The highest BCUT2D eigenvalue weighted by atomic mass is 32.1. The summed E-state index contributed by atoms with van der Waals surface area (Å²) in [7, 11) is 0. The molecule has 0 unspecified atom stereocenters. The molecule has 1 aliphatic heterocycles. The fourth-order valence-electron chi connectivity index (χ4n) is 2.09. The lowest BCUT2D eigenvalue weighted by molar-refractivity contribution is 0.374. The molecule has 1 fully saturated rings. The zero-order chi connectivity index (χ0) is 10.5. The summed E-state index contributed by atoms with van der Waals surface area (Å²) in [5, 5.41) is 6.64. The molecule has 0 amide bonds. The second kappa shape index (κ2) is 5.47. The van der Waals surface area contributed by atoms with Gasteiger partial charge in [-0.2, -0.15) is 0 Å². The lowest BCUT2D eigenvalue weighted by Gasteiger charge is -2.29. The maximum Gasteiger partial charge on any atom is 0.185 e. The van der Waals surface area contributed by atoms with Gasteiger partial charge in [0.05, 0.1) is 0 Å². The molecular weight excluding hydrogens is 206 g/mol. The van der Waals surface area contributed by atoms with Gasteiger partial charge in [-0.3, -0.25) is 0 Å². The van der Waals surface area contributed by atoms with Gasteiger partial charge in [0.1, 0.15) is 0 Å². The summed E-state index contributed by atoms with van der Waals surface area (Å²) in [5.74, 6) is 0.843. The van der Waals surface area contributed by atoms with Gasteiger partial charge < -0.3 is 10.2 Å². The third kappa shape index (κ3) is 2.92. The molecule has 0 spiro atoms. The summed E-state index contributed by atoms with van der Waals surface area (Å²) in [6, 6.07) is 0. The van der Waals surface area contributed by atoms with Gasteiger partial charge in [-0.05, 0) is 38.8 Å². The third-order valence-corrected chi connectivity index (χ3v) is 3.84. The number of hydrogen-bond donors (Lipinski definition) is 1. The van der Waals surface area contributed by atoms with E-state index in [0.717, 1.165) is 12.5 Å². The van der Waals surface area contributed by atoms with E-state index in [4.69, 9.17) is 0 Å². The smallest absolute Gasteiger partial charge is 0.185 e. The summed E-state index contributed by atoms with van der Waals surface area (Å²) < 4.78 is 0. The summed E-state index contributed by atoms with van der Waals surface area (Å²) in [5.41, 5.74) is 0. The van der Waals surface area contributed by atoms with Crippen molar-refractivity contribution in [1.29, 1.82) is 0 Å². The molecule has 1 aliphatic rings. The van der Waals surface area contributed by atoms with Crippen molar-refractivity contribution in [1.82, 2.24) is 10.3 Å². The predicted octanol–water partition coefficient (Wildman–Crippen LogP) is 1.97. The molecule has 4 heteroatoms. The van der Waals surface area contributed by atoms with Crippen LogP contribution in [0.4, 0.5) is 5.13 Å². The minimum atomic E-state index is 0.843. The van der Waals surface area contributed by atoms with Crippen LogP contribution in [0.5, 0.6) is 0 Å². The molecule has 0 atom stereocenters. The average molecular weight is 225 g/mol. The van der Waals surface area contributed by atoms with Gasteiger partial charge in [0.15, 0.2) is 5.13 Å². The molecule has 1 saturated heterocycles. The molecule has 0 aromatic carbocycles. The largest absolute Gasteiger partial charge is 0.348 e. The van der Waals surface area contributed by atoms with Crippen molar-refractivity contribution in [3.63, 3.8) is 0 Å². The van der Waals surface area contributed by atoms with E-state index in [2.05, 4.69) is 27.5 Å². The molecule has 0 aliphatic carbocycles. The zero-order valence-corrected chi connectivity index (χ0v) is 10.1. The highest BCUT2D eigenvalue weighted by Gasteiger charge is 2.17. The Kier molecular flexibility index (Phi) is 3.97. The van der Waals surface area contributed by atoms with Crippen molar-refractivity contribution < 1.29 is 0 Å². The molecule has 84 valence electrons. The van der Waals surface area contributed by atoms with Crippen molar-refractivity contribution in [3.8, 4) is 0 Å². The summed E-state index contributed by atoms with van der Waals surface area (Å²) >= 11 is 1.74. The van der Waals surface area contributed by atoms with Crippen LogP contribution in [0.2, 0.25) is 0 Å². The third-order valence-electron chi connectivity index (χ3n) is 3.01. The van der Waals surface area contributed by atoms with E-state index in [0.29, 0.717) is 0 Å². The fraction of sp³-hybridized carbons (Fsp3) is 0.727. The normalized spacial score (nSPS) is 17.9. The van der Waals surface area contributed by atoms with Crippen molar-refractivity contribution in [2.75, 3.05) is 31.1 Å². The summed E-state index contributed by atoms with van der Waals surface area (Å²) in [4.78, 5) is 6.79. The Labute approximate surface area is 95.5 Å². The second-order valence-corrected chi connectivity index (χ2v) is 4.92. The molecule has 1 aromatic rings. The average Bonchev–Trinajstić information content (AvgIpc) is 2.81. The molecule has 1 aromatic heterocycles. The quantitative estimate of drug-likeness (QED) is 0.849. The van der Waals surface area contributed by atoms with Gasteiger partial charge in [0, 0.05) is 24.7 Å². The lowest BCUT2D eigenvalue weighted by atomic mass is 9.98. The highest BCUT2D eigenvalue weighted by Crippen LogP contribution is 2.21. The van der Waals surface area contributed by atoms with E-state index in [1.807, 2.05) is 6.20 Å². The van der Waals surface area contributed by atoms with E-state index >= 15 is 0 Å². The number of hydrogen-bond acceptors (Lipinski definition) is 4. The van der Waals surface area contributed by atoms with Gasteiger partial charge in [-0.1, -0.05) is 0 Å². The first-order chi connectivity index (χ1) is 7.40. The van der Waals surface area contributed by atoms with Crippen molar-refractivity contribution >= 4 is 16.5 Å². The number of rotatable bonds is 4. The fourth-order valence-corrected chi connectivity index (χ4v) is 2.81. The van der Waals surface area contributed by atoms with Crippen LogP contribution >= 0.6 is 11.3 Å². The Morgan fingerprint density at radius 2 is 2.33 bits per heavy atom. The molecule has 15 heavy (non-hydrogen) atoms. The van der Waals surface area contributed by atoms with Crippen LogP contribution in [0.25, 0.3) is 0 Å². The number of thiazole rings is 1. The Morgan fingerprint density at radius 1 is 1.53 bits per heavy atom. The molecule has 3 nitrogen and oxygen atoms in total. The van der Waals surface area contributed by atoms with Crippen LogP contribution in [0.15, 0.2) is 11.6 Å². The zero-order valence-electron chi connectivity index (χ0n) is 9.28. The topological polar surface area (TPSA) is 28.2 Å². The summed E-state index contributed by atoms with van der Waals surface area (Å²) in [6.07, 6.45) is 4.51. The van der Waals surface area contributed by atoms with Gasteiger partial charge in [0.2, 0.25) is 0 Å². The molecule has 0 radical (unpaired) electrons. The molecule has 0 bridgehead atoms. The van der Waals surface area contributed by atoms with Gasteiger partial charge in [-0.25, -0.2) is 4.98 Å². The lowest BCUT2D eigenvalue weighted by Crippen LogP contribution is -2.36. The highest BCUT2D eigenvalue weighted by molar-refractivity contribution is 7.13. The van der Waals surface area contributed by atoms with E-state index in [-0.39, 0.29) is 0 Å². The first-order valence-corrected chi connectivity index (χ1v) is 6.63. The Balaban J connectivity index is 1.90. The maximum atomic E-state index is 4.38. The first kappa shape index (κ1) is 10.9. The Morgan fingerprint density at radius 3 is 2.93 bits per heavy atom. The SMILES string of the molecule is CCN(CC1CCNCC1)c1nccs1. The van der Waals surface area contributed by atoms with Gasteiger partial charge in [0.25, 0.3) is 0 Å². The van der Waals surface area contributed by atoms with Gasteiger partial charge in [-0.15, -0.1) is 11.3 Å². The summed E-state index contributed by atoms with van der Waals surface area (Å²) in [6.45, 7) is 6.81. The molecule has 0 saturated carbocycles. The van der Waals surface area contributed by atoms with Crippen LogP contribution in [0.3, 0.4) is 0 Å². The molecule has 1 N–H and O–H groups in total. The van der Waals surface area contributed by atoms with Crippen molar-refractivity contribution in [2.24, 2.45) is 5.92 Å². The van der Waals surface area contributed by atoms with Crippen molar-refractivity contribution in [2.45, 2.75) is 19.8 Å². The van der Waals surface area contributed by atoms with Crippen LogP contribution < -0.4 is 10.2 Å². The van der Waals surface area contributed by atoms with E-state index in [1.54, 1.807) is 11.3 Å². The minimum Gasteiger partial charge on any atom is -0.348 e. The first-order valence-electron chi connectivity index (χ1n) is 5.75. The molecule has 2 heterocycles. The van der Waals surface area contributed by atoms with Gasteiger partial charge >= 0.3 is 0 Å². The van der Waals surface area contributed by atoms with Crippen LogP contribution in [0.1, 0.15) is 19.8 Å². The van der Waals surface area contributed by atoms with Crippen LogP contribution in [0, 0.1) is 5.92 Å². The predicted molar refractivity (Wildman–Crippen MR) is 65.6 cm³/mol. The number of piperidine rings is 1. The van der Waals surface area contributed by atoms with Crippen LogP contribution in [-0.2, 0) is 0 Å². The Bertz CT molecular complexity index is 267. The van der Waals surface area contributed by atoms with E-state index in [9.17, 15) is 0 Å². The monoisotopic (exact) mass is 225 g/mol. The standard InChI is InChI=1S/C11H19N3S/c1-2-14(11-13-7-8-15-11)9-10-3-5-12-6-4-10/h7-8,10,12H,2-6,9H2,1H3. The maximum absolute atomic E-state index is 4.38. The number of nitrogens with one attached hydrogen (secondary N) is 1. The molecule has 2 rings (SSSR count). The number of anilines is 1. The van der Waals surface area contributed by atoms with Crippen molar-refractivity contribution in [3.05, 3.63) is 11.6 Å². The Hall–Kier alpha value is -0.610. The second-order valence-electron chi connectivity index (χ2n) is 4.05. The number of aromatic nitrogens is 1.